The summed E-state index contributed by atoms with van der Waals surface area (Å²) in [7, 11) is 0. The molecule has 1 amide bonds. The van der Waals surface area contributed by atoms with Gasteiger partial charge in [0.15, 0.2) is 4.84 Å². The van der Waals surface area contributed by atoms with Gasteiger partial charge in [0.1, 0.15) is 0 Å². The molecule has 0 aliphatic carbocycles. The number of nitrogens with zero attached hydrogens (tertiary/aromatic N) is 1. The Kier molecular flexibility index (Phi) is 6.48. The smallest absolute Gasteiger partial charge is 0.269 e. The zero-order chi connectivity index (χ0) is 15.3. The van der Waals surface area contributed by atoms with Crippen molar-refractivity contribution in [1.29, 1.82) is 0 Å². The van der Waals surface area contributed by atoms with Crippen LogP contribution in [0.15, 0.2) is 24.3 Å². The van der Waals surface area contributed by atoms with Crippen LogP contribution in [-0.4, -0.2) is 33.4 Å². The van der Waals surface area contributed by atoms with Gasteiger partial charge in [0.25, 0.3) is 11.6 Å². The van der Waals surface area contributed by atoms with Crippen molar-refractivity contribution < 1.29 is 14.8 Å². The van der Waals surface area contributed by atoms with Gasteiger partial charge in [-0.1, -0.05) is 35.3 Å². The third kappa shape index (κ3) is 4.49. The van der Waals surface area contributed by atoms with Crippen LogP contribution in [0.1, 0.15) is 10.9 Å². The monoisotopic (exact) mass is 340 g/mol. The van der Waals surface area contributed by atoms with Gasteiger partial charge in [-0.15, -0.1) is 11.6 Å². The Hall–Kier alpha value is -1.08. The summed E-state index contributed by atoms with van der Waals surface area (Å²) < 4.78 is 0. The number of carbonyl (C=O) groups is 1. The van der Waals surface area contributed by atoms with Gasteiger partial charge in [-0.2, -0.15) is 0 Å². The van der Waals surface area contributed by atoms with Crippen molar-refractivity contribution in [3.05, 3.63) is 39.9 Å². The number of aliphatic hydroxyl groups excluding tert-OH is 1. The first-order valence-electron chi connectivity index (χ1n) is 5.44. The van der Waals surface area contributed by atoms with E-state index >= 15 is 0 Å². The molecule has 0 saturated heterocycles. The van der Waals surface area contributed by atoms with Crippen LogP contribution in [0.4, 0.5) is 5.69 Å². The van der Waals surface area contributed by atoms with Crippen LogP contribution >= 0.6 is 34.8 Å². The Morgan fingerprint density at radius 1 is 1.30 bits per heavy atom. The highest BCUT2D eigenvalue weighted by Crippen LogP contribution is 2.26. The number of hydrogen-bond donors (Lipinski definition) is 2. The van der Waals surface area contributed by atoms with Crippen molar-refractivity contribution in [2.24, 2.45) is 0 Å². The lowest BCUT2D eigenvalue weighted by atomic mass is 10.1. The maximum absolute atomic E-state index is 11.4. The standard InChI is InChI=1S/C11H11Cl3N2O4/c12-9(8(5-17)15-11(18)10(13)14)6-1-3-7(4-2-6)16(19)20/h1-4,8-10,17H,5H2,(H,15,18). The van der Waals surface area contributed by atoms with E-state index in [1.807, 2.05) is 0 Å². The number of amides is 1. The van der Waals surface area contributed by atoms with Crippen molar-refractivity contribution >= 4 is 46.4 Å². The maximum Gasteiger partial charge on any atom is 0.269 e. The number of halogens is 3. The van der Waals surface area contributed by atoms with Crippen LogP contribution in [-0.2, 0) is 4.79 Å². The first-order valence-corrected chi connectivity index (χ1v) is 6.75. The van der Waals surface area contributed by atoms with E-state index in [0.29, 0.717) is 5.56 Å². The first kappa shape index (κ1) is 17.0. The van der Waals surface area contributed by atoms with Crippen LogP contribution < -0.4 is 5.32 Å². The van der Waals surface area contributed by atoms with Gasteiger partial charge in [-0.25, -0.2) is 0 Å². The summed E-state index contributed by atoms with van der Waals surface area (Å²) in [4.78, 5) is 20.1. The summed E-state index contributed by atoms with van der Waals surface area (Å²) in [6.45, 7) is -0.433. The Bertz CT molecular complexity index is 481. The van der Waals surface area contributed by atoms with Crippen molar-refractivity contribution in [3.8, 4) is 0 Å². The van der Waals surface area contributed by atoms with Crippen LogP contribution in [0.5, 0.6) is 0 Å². The molecule has 2 unspecified atom stereocenters. The Morgan fingerprint density at radius 3 is 2.25 bits per heavy atom. The highest BCUT2D eigenvalue weighted by atomic mass is 35.5. The quantitative estimate of drug-likeness (QED) is 0.471. The topological polar surface area (TPSA) is 92.5 Å². The molecule has 1 aromatic rings. The minimum atomic E-state index is -1.27. The maximum atomic E-state index is 11.4. The summed E-state index contributed by atoms with van der Waals surface area (Å²) in [5, 5.41) is 21.4. The van der Waals surface area contributed by atoms with E-state index in [9.17, 15) is 20.0 Å². The highest BCUT2D eigenvalue weighted by molar-refractivity contribution is 6.53. The molecule has 1 rings (SSSR count). The predicted octanol–water partition coefficient (Wildman–Crippen LogP) is 2.16. The van der Waals surface area contributed by atoms with Gasteiger partial charge in [0.05, 0.1) is 22.9 Å². The van der Waals surface area contributed by atoms with E-state index in [-0.39, 0.29) is 5.69 Å². The van der Waals surface area contributed by atoms with Gasteiger partial charge in [0.2, 0.25) is 0 Å². The van der Waals surface area contributed by atoms with Gasteiger partial charge < -0.3 is 10.4 Å². The fraction of sp³-hybridized carbons (Fsp3) is 0.364. The Morgan fingerprint density at radius 2 is 1.85 bits per heavy atom. The number of aliphatic hydroxyl groups is 1. The van der Waals surface area contributed by atoms with E-state index in [1.54, 1.807) is 0 Å². The molecule has 0 heterocycles. The SMILES string of the molecule is O=C(NC(CO)C(Cl)c1ccc([N+](=O)[O-])cc1)C(Cl)Cl. The molecule has 20 heavy (non-hydrogen) atoms. The summed E-state index contributed by atoms with van der Waals surface area (Å²) in [5.74, 6) is -0.681. The molecule has 110 valence electrons. The minimum absolute atomic E-state index is 0.0798. The predicted molar refractivity (Wildman–Crippen MR) is 76.2 cm³/mol. The lowest BCUT2D eigenvalue weighted by Gasteiger charge is -2.22. The van der Waals surface area contributed by atoms with Gasteiger partial charge in [-0.3, -0.25) is 14.9 Å². The van der Waals surface area contributed by atoms with Crippen LogP contribution in [0.25, 0.3) is 0 Å². The van der Waals surface area contributed by atoms with E-state index in [2.05, 4.69) is 5.32 Å². The van der Waals surface area contributed by atoms with E-state index < -0.39 is 33.7 Å². The van der Waals surface area contributed by atoms with Crippen molar-refractivity contribution in [3.63, 3.8) is 0 Å². The van der Waals surface area contributed by atoms with E-state index in [1.165, 1.54) is 24.3 Å². The number of alkyl halides is 3. The van der Waals surface area contributed by atoms with Gasteiger partial charge in [-0.05, 0) is 5.56 Å². The molecule has 0 saturated carbocycles. The Labute approximate surface area is 129 Å². The molecule has 6 nitrogen and oxygen atoms in total. The number of nitro benzene ring substituents is 1. The zero-order valence-corrected chi connectivity index (χ0v) is 12.3. The second-order valence-electron chi connectivity index (χ2n) is 3.85. The normalized spacial score (nSPS) is 13.8. The molecule has 1 aromatic carbocycles. The third-order valence-corrected chi connectivity index (χ3v) is 3.45. The van der Waals surface area contributed by atoms with Crippen molar-refractivity contribution in [2.75, 3.05) is 6.61 Å². The van der Waals surface area contributed by atoms with Crippen LogP contribution in [0, 0.1) is 10.1 Å². The molecule has 0 aromatic heterocycles. The molecule has 2 N–H and O–H groups in total. The molecular formula is C11H11Cl3N2O4. The summed E-state index contributed by atoms with van der Waals surface area (Å²) >= 11 is 16.9. The number of carbonyl (C=O) groups excluding carboxylic acids is 1. The number of hydrogen-bond acceptors (Lipinski definition) is 4. The number of rotatable bonds is 6. The van der Waals surface area contributed by atoms with E-state index in [0.717, 1.165) is 0 Å². The zero-order valence-electron chi connectivity index (χ0n) is 10.0. The number of non-ortho nitro benzene ring substituents is 1. The number of nitrogens with one attached hydrogen (secondary N) is 1. The molecule has 2 atom stereocenters. The average molecular weight is 342 g/mol. The molecule has 9 heteroatoms. The summed E-state index contributed by atoms with van der Waals surface area (Å²) in [6, 6.07) is 4.65. The first-order chi connectivity index (χ1) is 9.36. The molecule has 0 aliphatic heterocycles. The van der Waals surface area contributed by atoms with Crippen LogP contribution in [0.3, 0.4) is 0 Å². The lowest BCUT2D eigenvalue weighted by molar-refractivity contribution is -0.384. The Balaban J connectivity index is 2.82. The van der Waals surface area contributed by atoms with Crippen molar-refractivity contribution in [1.82, 2.24) is 5.32 Å². The summed E-state index contributed by atoms with van der Waals surface area (Å²) in [6.07, 6.45) is 0. The molecule has 0 bridgehead atoms. The van der Waals surface area contributed by atoms with Gasteiger partial charge >= 0.3 is 0 Å². The molecule has 0 aliphatic rings. The lowest BCUT2D eigenvalue weighted by Crippen LogP contribution is -2.42. The molecule has 0 fully saturated rings. The number of nitro groups is 1. The van der Waals surface area contributed by atoms with Crippen molar-refractivity contribution in [2.45, 2.75) is 16.3 Å². The van der Waals surface area contributed by atoms with Gasteiger partial charge in [0, 0.05) is 12.1 Å². The molecular weight excluding hydrogens is 330 g/mol. The van der Waals surface area contributed by atoms with E-state index in [4.69, 9.17) is 34.8 Å². The molecule has 0 spiro atoms. The van der Waals surface area contributed by atoms with Crippen LogP contribution in [0.2, 0.25) is 0 Å². The summed E-state index contributed by atoms with van der Waals surface area (Å²) in [5.41, 5.74) is 0.432. The fourth-order valence-corrected chi connectivity index (χ4v) is 1.88. The molecule has 0 radical (unpaired) electrons. The number of benzene rings is 1. The average Bonchev–Trinajstić information content (AvgIpc) is 2.43. The minimum Gasteiger partial charge on any atom is -0.394 e. The largest absolute Gasteiger partial charge is 0.394 e. The highest BCUT2D eigenvalue weighted by Gasteiger charge is 2.24. The third-order valence-electron chi connectivity index (χ3n) is 2.50. The second kappa shape index (κ2) is 7.64. The fourth-order valence-electron chi connectivity index (χ4n) is 1.47. The second-order valence-corrected chi connectivity index (χ2v) is 5.42.